The summed E-state index contributed by atoms with van der Waals surface area (Å²) in [5.41, 5.74) is 6.41. The van der Waals surface area contributed by atoms with Gasteiger partial charge < -0.3 is 10.3 Å². The fraction of sp³-hybridized carbons (Fsp3) is 0.194. The van der Waals surface area contributed by atoms with E-state index in [1.165, 1.54) is 12.5 Å². The molecule has 3 N–H and O–H groups in total. The molecule has 5 heterocycles. The van der Waals surface area contributed by atoms with E-state index in [1.54, 1.807) is 43.1 Å². The van der Waals surface area contributed by atoms with Gasteiger partial charge in [-0.3, -0.25) is 24.8 Å². The van der Waals surface area contributed by atoms with E-state index in [1.807, 2.05) is 24.3 Å². The molecule has 1 aliphatic carbocycles. The van der Waals surface area contributed by atoms with Gasteiger partial charge in [0.2, 0.25) is 5.91 Å². The van der Waals surface area contributed by atoms with E-state index in [-0.39, 0.29) is 17.6 Å². The first-order chi connectivity index (χ1) is 19.6. The number of nitrogens with zero attached hydrogens (tertiary/aromatic N) is 4. The molecule has 0 spiro atoms. The number of amides is 1. The average molecular weight is 532 g/mol. The number of pyridine rings is 3. The summed E-state index contributed by atoms with van der Waals surface area (Å²) in [7, 11) is 0. The van der Waals surface area contributed by atoms with Crippen LogP contribution in [-0.4, -0.2) is 36.0 Å². The highest BCUT2D eigenvalue weighted by Gasteiger charge is 2.21. The number of anilines is 1. The summed E-state index contributed by atoms with van der Waals surface area (Å²) in [6.07, 6.45) is 13.8. The average Bonchev–Trinajstić information content (AvgIpc) is 3.62. The predicted octanol–water partition coefficient (Wildman–Crippen LogP) is 6.89. The van der Waals surface area contributed by atoms with E-state index in [0.717, 1.165) is 58.7 Å². The van der Waals surface area contributed by atoms with Crippen molar-refractivity contribution < 1.29 is 9.18 Å². The molecule has 9 heteroatoms. The molecule has 0 unspecified atom stereocenters. The van der Waals surface area contributed by atoms with E-state index < -0.39 is 0 Å². The minimum atomic E-state index is -0.300. The first-order valence-electron chi connectivity index (χ1n) is 13.5. The van der Waals surface area contributed by atoms with Crippen molar-refractivity contribution >= 4 is 33.4 Å². The zero-order valence-electron chi connectivity index (χ0n) is 21.6. The van der Waals surface area contributed by atoms with Gasteiger partial charge in [0.05, 0.1) is 46.7 Å². The van der Waals surface area contributed by atoms with Gasteiger partial charge in [-0.1, -0.05) is 37.5 Å². The fourth-order valence-electron chi connectivity index (χ4n) is 5.61. The van der Waals surface area contributed by atoms with Gasteiger partial charge in [0.1, 0.15) is 11.5 Å². The Hall–Kier alpha value is -4.92. The molecule has 0 atom stereocenters. The molecule has 40 heavy (non-hydrogen) atoms. The van der Waals surface area contributed by atoms with Gasteiger partial charge in [-0.15, -0.1) is 0 Å². The number of fused-ring (bicyclic) bond motifs is 2. The fourth-order valence-corrected chi connectivity index (χ4v) is 5.61. The van der Waals surface area contributed by atoms with Crippen LogP contribution in [0.3, 0.4) is 0 Å². The number of nitrogens with one attached hydrogen (secondary N) is 3. The molecule has 0 saturated heterocycles. The third-order valence-electron chi connectivity index (χ3n) is 7.69. The third-order valence-corrected chi connectivity index (χ3v) is 7.69. The summed E-state index contributed by atoms with van der Waals surface area (Å²) in [6, 6.07) is 12.5. The van der Waals surface area contributed by atoms with Crippen molar-refractivity contribution in [1.82, 2.24) is 30.1 Å². The van der Waals surface area contributed by atoms with Gasteiger partial charge >= 0.3 is 0 Å². The second kappa shape index (κ2) is 10.00. The minimum absolute atomic E-state index is 0.0576. The SMILES string of the molecule is O=C(Nc1cncc(-c2cc3c(-c4cc5c(-c6ccccc6F)cncc5[nH]4)n[nH]c3cn2)c1)C1CCCCC1. The Labute approximate surface area is 229 Å². The van der Waals surface area contributed by atoms with E-state index in [0.29, 0.717) is 28.2 Å². The number of hydrogen-bond donors (Lipinski definition) is 3. The Bertz CT molecular complexity index is 1870. The Kier molecular flexibility index (Phi) is 6.03. The lowest BCUT2D eigenvalue weighted by molar-refractivity contribution is -0.120. The molecule has 0 radical (unpaired) electrons. The zero-order chi connectivity index (χ0) is 27.1. The number of aromatic amines is 2. The first-order valence-corrected chi connectivity index (χ1v) is 13.5. The van der Waals surface area contributed by atoms with Crippen LogP contribution in [0, 0.1) is 11.7 Å². The molecule has 8 nitrogen and oxygen atoms in total. The van der Waals surface area contributed by atoms with Crippen molar-refractivity contribution in [2.75, 3.05) is 5.32 Å². The minimum Gasteiger partial charge on any atom is -0.352 e. The van der Waals surface area contributed by atoms with Crippen LogP contribution in [0.4, 0.5) is 10.1 Å². The summed E-state index contributed by atoms with van der Waals surface area (Å²) in [6.45, 7) is 0. The van der Waals surface area contributed by atoms with Crippen LogP contribution in [0.1, 0.15) is 32.1 Å². The lowest BCUT2D eigenvalue weighted by Crippen LogP contribution is -2.24. The van der Waals surface area contributed by atoms with E-state index >= 15 is 0 Å². The number of aromatic nitrogens is 6. The van der Waals surface area contributed by atoms with Gasteiger partial charge in [-0.2, -0.15) is 5.10 Å². The van der Waals surface area contributed by atoms with Gasteiger partial charge in [0, 0.05) is 45.8 Å². The first kappa shape index (κ1) is 24.1. The lowest BCUT2D eigenvalue weighted by Gasteiger charge is -2.20. The molecule has 1 saturated carbocycles. The molecule has 5 aromatic heterocycles. The van der Waals surface area contributed by atoms with Gasteiger partial charge in [-0.25, -0.2) is 4.39 Å². The van der Waals surface area contributed by atoms with E-state index in [2.05, 4.69) is 35.5 Å². The van der Waals surface area contributed by atoms with Crippen molar-refractivity contribution in [1.29, 1.82) is 0 Å². The highest BCUT2D eigenvalue weighted by Crippen LogP contribution is 2.35. The van der Waals surface area contributed by atoms with Crippen molar-refractivity contribution in [3.63, 3.8) is 0 Å². The van der Waals surface area contributed by atoms with Crippen LogP contribution in [0.2, 0.25) is 0 Å². The maximum absolute atomic E-state index is 14.6. The molecule has 6 aromatic rings. The molecule has 198 valence electrons. The van der Waals surface area contributed by atoms with Crippen LogP contribution >= 0.6 is 0 Å². The van der Waals surface area contributed by atoms with Gasteiger partial charge in [0.25, 0.3) is 0 Å². The highest BCUT2D eigenvalue weighted by atomic mass is 19.1. The number of carbonyl (C=O) groups is 1. The topological polar surface area (TPSA) is 112 Å². The largest absolute Gasteiger partial charge is 0.352 e. The molecule has 7 rings (SSSR count). The van der Waals surface area contributed by atoms with Gasteiger partial charge in [0.15, 0.2) is 0 Å². The smallest absolute Gasteiger partial charge is 0.227 e. The lowest BCUT2D eigenvalue weighted by atomic mass is 9.88. The molecular formula is C31H26FN7O. The van der Waals surface area contributed by atoms with Crippen LogP contribution in [0.15, 0.2) is 73.4 Å². The summed E-state index contributed by atoms with van der Waals surface area (Å²) >= 11 is 0. The van der Waals surface area contributed by atoms with E-state index in [9.17, 15) is 9.18 Å². The molecule has 0 aliphatic heterocycles. The summed E-state index contributed by atoms with van der Waals surface area (Å²) in [4.78, 5) is 29.5. The number of rotatable bonds is 5. The molecule has 1 fully saturated rings. The maximum Gasteiger partial charge on any atom is 0.227 e. The zero-order valence-corrected chi connectivity index (χ0v) is 21.6. The molecule has 1 aromatic carbocycles. The predicted molar refractivity (Wildman–Crippen MR) is 153 cm³/mol. The number of hydrogen-bond acceptors (Lipinski definition) is 5. The van der Waals surface area contributed by atoms with Crippen LogP contribution in [0.25, 0.3) is 55.6 Å². The normalized spacial score (nSPS) is 14.1. The van der Waals surface area contributed by atoms with Crippen molar-refractivity contribution in [2.45, 2.75) is 32.1 Å². The molecular weight excluding hydrogens is 505 g/mol. The Morgan fingerprint density at radius 3 is 2.60 bits per heavy atom. The second-order valence-corrected chi connectivity index (χ2v) is 10.3. The van der Waals surface area contributed by atoms with Crippen LogP contribution in [0.5, 0.6) is 0 Å². The third kappa shape index (κ3) is 4.39. The van der Waals surface area contributed by atoms with Crippen molar-refractivity contribution in [3.8, 4) is 33.8 Å². The Morgan fingerprint density at radius 1 is 0.875 bits per heavy atom. The quantitative estimate of drug-likeness (QED) is 0.224. The summed E-state index contributed by atoms with van der Waals surface area (Å²) < 4.78 is 14.6. The summed E-state index contributed by atoms with van der Waals surface area (Å²) in [5, 5.41) is 12.4. The number of H-pyrrole nitrogens is 2. The van der Waals surface area contributed by atoms with Crippen molar-refractivity contribution in [2.24, 2.45) is 5.92 Å². The van der Waals surface area contributed by atoms with Crippen LogP contribution < -0.4 is 5.32 Å². The highest BCUT2D eigenvalue weighted by molar-refractivity contribution is 6.01. The number of benzene rings is 1. The summed E-state index contributed by atoms with van der Waals surface area (Å²) in [5.74, 6) is -0.181. The van der Waals surface area contributed by atoms with Crippen LogP contribution in [-0.2, 0) is 4.79 Å². The molecule has 1 aliphatic rings. The molecule has 1 amide bonds. The maximum atomic E-state index is 14.6. The van der Waals surface area contributed by atoms with E-state index in [4.69, 9.17) is 0 Å². The second-order valence-electron chi connectivity index (χ2n) is 10.3. The Morgan fingerprint density at radius 2 is 1.73 bits per heavy atom. The van der Waals surface area contributed by atoms with Crippen molar-refractivity contribution in [3.05, 3.63) is 79.3 Å². The Balaban J connectivity index is 1.23. The standard InChI is InChI=1S/C31H26FN7O/c32-25-9-5-4-8-21(25)24-15-34-16-28-22(24)11-27(37-28)30-23-12-26(35-17-29(23)38-39-30)19-10-20(14-33-13-19)36-31(40)18-6-2-1-3-7-18/h4-5,8-18,37H,1-3,6-7H2,(H,36,40)(H,38,39). The van der Waals surface area contributed by atoms with Gasteiger partial charge in [-0.05, 0) is 37.1 Å². The monoisotopic (exact) mass is 531 g/mol. The number of halogens is 1. The molecule has 0 bridgehead atoms. The number of carbonyl (C=O) groups excluding carboxylic acids is 1.